The highest BCUT2D eigenvalue weighted by Crippen LogP contribution is 2.17. The molecule has 0 fully saturated rings. The largest absolute Gasteiger partial charge is 0.483 e. The van der Waals surface area contributed by atoms with E-state index in [4.69, 9.17) is 21.4 Å². The molecule has 0 aromatic heterocycles. The lowest BCUT2D eigenvalue weighted by molar-refractivity contribution is -0.147. The predicted molar refractivity (Wildman–Crippen MR) is 63.3 cm³/mol. The molecule has 0 aliphatic carbocycles. The number of hydrogen-bond donors (Lipinski definition) is 1. The van der Waals surface area contributed by atoms with Crippen molar-refractivity contribution in [2.75, 3.05) is 0 Å². The summed E-state index contributed by atoms with van der Waals surface area (Å²) >= 11 is 5.70. The van der Waals surface area contributed by atoms with Crippen LogP contribution >= 0.6 is 11.6 Å². The highest BCUT2D eigenvalue weighted by Gasteiger charge is 2.26. The van der Waals surface area contributed by atoms with Crippen LogP contribution in [-0.4, -0.2) is 23.0 Å². The molecule has 2 atom stereocenters. The Morgan fingerprint density at radius 2 is 1.76 bits per heavy atom. The van der Waals surface area contributed by atoms with E-state index in [2.05, 4.69) is 0 Å². The number of hydrogen-bond acceptors (Lipinski definition) is 3. The molecule has 1 N–H and O–H groups in total. The van der Waals surface area contributed by atoms with Crippen molar-refractivity contribution < 1.29 is 19.4 Å². The second kappa shape index (κ2) is 5.68. The molecule has 0 aliphatic rings. The van der Waals surface area contributed by atoms with Crippen molar-refractivity contribution >= 4 is 23.4 Å². The molecule has 0 saturated heterocycles. The molecule has 1 aromatic rings. The molecular formula is C12H13ClO4. The SMILES string of the molecule is CC(Oc1ccc(Cl)cc1)C(=O)C(C)C(=O)O. The first kappa shape index (κ1) is 13.5. The summed E-state index contributed by atoms with van der Waals surface area (Å²) in [5.41, 5.74) is 0. The lowest BCUT2D eigenvalue weighted by Crippen LogP contribution is -2.33. The van der Waals surface area contributed by atoms with E-state index in [-0.39, 0.29) is 0 Å². The Balaban J connectivity index is 2.66. The van der Waals surface area contributed by atoms with E-state index >= 15 is 0 Å². The smallest absolute Gasteiger partial charge is 0.313 e. The Labute approximate surface area is 104 Å². The molecular weight excluding hydrogens is 244 g/mol. The van der Waals surface area contributed by atoms with E-state index in [1.54, 1.807) is 24.3 Å². The van der Waals surface area contributed by atoms with Crippen LogP contribution < -0.4 is 4.74 Å². The fourth-order valence-corrected chi connectivity index (χ4v) is 1.38. The van der Waals surface area contributed by atoms with Gasteiger partial charge in [0, 0.05) is 5.02 Å². The summed E-state index contributed by atoms with van der Waals surface area (Å²) < 4.78 is 5.33. The second-order valence-electron chi connectivity index (χ2n) is 3.68. The van der Waals surface area contributed by atoms with E-state index < -0.39 is 23.8 Å². The first-order valence-corrected chi connectivity index (χ1v) is 5.48. The van der Waals surface area contributed by atoms with Gasteiger partial charge in [0.2, 0.25) is 0 Å². The lowest BCUT2D eigenvalue weighted by Gasteiger charge is -2.15. The molecule has 0 bridgehead atoms. The molecule has 17 heavy (non-hydrogen) atoms. The summed E-state index contributed by atoms with van der Waals surface area (Å²) in [5, 5.41) is 9.27. The molecule has 0 amide bonds. The minimum absolute atomic E-state index is 0.465. The van der Waals surface area contributed by atoms with Gasteiger partial charge in [0.25, 0.3) is 0 Å². The minimum Gasteiger partial charge on any atom is -0.483 e. The molecule has 0 aliphatic heterocycles. The summed E-state index contributed by atoms with van der Waals surface area (Å²) in [6, 6.07) is 6.51. The summed E-state index contributed by atoms with van der Waals surface area (Å²) in [5.74, 6) is -2.21. The minimum atomic E-state index is -1.15. The van der Waals surface area contributed by atoms with E-state index in [1.165, 1.54) is 13.8 Å². The van der Waals surface area contributed by atoms with Crippen LogP contribution in [0.5, 0.6) is 5.75 Å². The number of ketones is 1. The van der Waals surface area contributed by atoms with Gasteiger partial charge in [-0.05, 0) is 38.1 Å². The normalized spacial score (nSPS) is 13.8. The molecule has 2 unspecified atom stereocenters. The van der Waals surface area contributed by atoms with Crippen molar-refractivity contribution in [1.29, 1.82) is 0 Å². The monoisotopic (exact) mass is 256 g/mol. The zero-order valence-corrected chi connectivity index (χ0v) is 10.3. The van der Waals surface area contributed by atoms with Crippen molar-refractivity contribution in [2.24, 2.45) is 5.92 Å². The van der Waals surface area contributed by atoms with Gasteiger partial charge in [-0.1, -0.05) is 11.6 Å². The number of rotatable bonds is 5. The van der Waals surface area contributed by atoms with Crippen molar-refractivity contribution in [3.05, 3.63) is 29.3 Å². The van der Waals surface area contributed by atoms with Crippen LogP contribution in [-0.2, 0) is 9.59 Å². The topological polar surface area (TPSA) is 63.6 Å². The molecule has 0 heterocycles. The maximum absolute atomic E-state index is 11.6. The van der Waals surface area contributed by atoms with Gasteiger partial charge >= 0.3 is 5.97 Å². The van der Waals surface area contributed by atoms with E-state index in [0.29, 0.717) is 10.8 Å². The highest BCUT2D eigenvalue weighted by atomic mass is 35.5. The number of Topliss-reactive ketones (excluding diaryl/α,β-unsaturated/α-hetero) is 1. The van der Waals surface area contributed by atoms with Crippen molar-refractivity contribution in [2.45, 2.75) is 20.0 Å². The van der Waals surface area contributed by atoms with E-state index in [1.807, 2.05) is 0 Å². The predicted octanol–water partition coefficient (Wildman–Crippen LogP) is 2.40. The Bertz CT molecular complexity index is 413. The van der Waals surface area contributed by atoms with Crippen LogP contribution in [0.1, 0.15) is 13.8 Å². The van der Waals surface area contributed by atoms with Crippen LogP contribution in [0.3, 0.4) is 0 Å². The van der Waals surface area contributed by atoms with Crippen molar-refractivity contribution in [1.82, 2.24) is 0 Å². The molecule has 5 heteroatoms. The van der Waals surface area contributed by atoms with Crippen LogP contribution in [0.4, 0.5) is 0 Å². The van der Waals surface area contributed by atoms with Crippen molar-refractivity contribution in [3.63, 3.8) is 0 Å². The van der Waals surface area contributed by atoms with Crippen LogP contribution in [0.2, 0.25) is 5.02 Å². The third-order valence-corrected chi connectivity index (χ3v) is 2.58. The highest BCUT2D eigenvalue weighted by molar-refractivity contribution is 6.30. The number of halogens is 1. The van der Waals surface area contributed by atoms with Crippen LogP contribution in [0.25, 0.3) is 0 Å². The summed E-state index contributed by atoms with van der Waals surface area (Å²) in [7, 11) is 0. The molecule has 92 valence electrons. The molecule has 0 spiro atoms. The maximum atomic E-state index is 11.6. The number of aliphatic carboxylic acids is 1. The number of ether oxygens (including phenoxy) is 1. The number of benzene rings is 1. The van der Waals surface area contributed by atoms with E-state index in [9.17, 15) is 9.59 Å². The lowest BCUT2D eigenvalue weighted by atomic mass is 10.0. The Hall–Kier alpha value is -1.55. The fourth-order valence-electron chi connectivity index (χ4n) is 1.25. The van der Waals surface area contributed by atoms with Gasteiger partial charge in [0.15, 0.2) is 11.9 Å². The molecule has 0 saturated carbocycles. The Kier molecular flexibility index (Phi) is 4.52. The standard InChI is InChI=1S/C12H13ClO4/c1-7(12(15)16)11(14)8(2)17-10-5-3-9(13)4-6-10/h3-8H,1-2H3,(H,15,16). The zero-order chi connectivity index (χ0) is 13.0. The quantitative estimate of drug-likeness (QED) is 0.822. The number of carboxylic acid groups (broad SMARTS) is 1. The molecule has 0 radical (unpaired) electrons. The maximum Gasteiger partial charge on any atom is 0.313 e. The van der Waals surface area contributed by atoms with Gasteiger partial charge in [-0.15, -0.1) is 0 Å². The average molecular weight is 257 g/mol. The molecule has 1 rings (SSSR count). The first-order valence-electron chi connectivity index (χ1n) is 5.10. The van der Waals surface area contributed by atoms with Gasteiger partial charge < -0.3 is 9.84 Å². The first-order chi connectivity index (χ1) is 7.91. The van der Waals surface area contributed by atoms with Crippen molar-refractivity contribution in [3.8, 4) is 5.75 Å². The number of carbonyl (C=O) groups is 2. The summed E-state index contributed by atoms with van der Waals surface area (Å²) in [4.78, 5) is 22.3. The average Bonchev–Trinajstić information content (AvgIpc) is 2.30. The van der Waals surface area contributed by atoms with Gasteiger partial charge in [0.05, 0.1) is 0 Å². The number of carbonyl (C=O) groups excluding carboxylic acids is 1. The van der Waals surface area contributed by atoms with Crippen LogP contribution in [0.15, 0.2) is 24.3 Å². The third kappa shape index (κ3) is 3.75. The molecule has 4 nitrogen and oxygen atoms in total. The number of carboxylic acids is 1. The van der Waals surface area contributed by atoms with Gasteiger partial charge in [-0.3, -0.25) is 9.59 Å². The van der Waals surface area contributed by atoms with E-state index in [0.717, 1.165) is 0 Å². The van der Waals surface area contributed by atoms with Gasteiger partial charge in [-0.2, -0.15) is 0 Å². The Morgan fingerprint density at radius 1 is 1.24 bits per heavy atom. The third-order valence-electron chi connectivity index (χ3n) is 2.32. The molecule has 1 aromatic carbocycles. The zero-order valence-electron chi connectivity index (χ0n) is 9.51. The van der Waals surface area contributed by atoms with Gasteiger partial charge in [0.1, 0.15) is 11.7 Å². The summed E-state index contributed by atoms with van der Waals surface area (Å²) in [6.07, 6.45) is -0.803. The summed E-state index contributed by atoms with van der Waals surface area (Å²) in [6.45, 7) is 2.86. The van der Waals surface area contributed by atoms with Crippen LogP contribution in [0, 0.1) is 5.92 Å². The van der Waals surface area contributed by atoms with Gasteiger partial charge in [-0.25, -0.2) is 0 Å². The fraction of sp³-hybridized carbons (Fsp3) is 0.333. The Morgan fingerprint density at radius 3 is 2.24 bits per heavy atom. The second-order valence-corrected chi connectivity index (χ2v) is 4.11.